The molecule has 0 bridgehead atoms. The highest BCUT2D eigenvalue weighted by molar-refractivity contribution is 5.54. The fourth-order valence-electron chi connectivity index (χ4n) is 2.49. The third-order valence-electron chi connectivity index (χ3n) is 3.58. The van der Waals surface area contributed by atoms with Crippen molar-refractivity contribution in [1.29, 1.82) is 0 Å². The Morgan fingerprint density at radius 2 is 1.62 bits per heavy atom. The summed E-state index contributed by atoms with van der Waals surface area (Å²) in [5.41, 5.74) is 8.15. The highest BCUT2D eigenvalue weighted by Crippen LogP contribution is 2.24. The molecule has 3 aromatic rings. The average molecular weight is 278 g/mol. The molecule has 1 atom stereocenters. The van der Waals surface area contributed by atoms with E-state index >= 15 is 0 Å². The van der Waals surface area contributed by atoms with Crippen molar-refractivity contribution in [2.75, 3.05) is 6.54 Å². The van der Waals surface area contributed by atoms with Gasteiger partial charge in [-0.15, -0.1) is 0 Å². The first-order valence-electron chi connectivity index (χ1n) is 7.01. The molecule has 0 saturated heterocycles. The van der Waals surface area contributed by atoms with Crippen LogP contribution in [0.15, 0.2) is 60.7 Å². The Morgan fingerprint density at radius 1 is 1.00 bits per heavy atom. The summed E-state index contributed by atoms with van der Waals surface area (Å²) in [5.74, 6) is 1.69. The van der Waals surface area contributed by atoms with Crippen molar-refractivity contribution in [3.8, 4) is 11.4 Å². The van der Waals surface area contributed by atoms with Crippen molar-refractivity contribution >= 4 is 0 Å². The first-order chi connectivity index (χ1) is 10.3. The predicted octanol–water partition coefficient (Wildman–Crippen LogP) is 2.57. The highest BCUT2D eigenvalue weighted by Gasteiger charge is 2.19. The molecular weight excluding hydrogens is 260 g/mol. The quantitative estimate of drug-likeness (QED) is 0.798. The maximum Gasteiger partial charge on any atom is 0.181 e. The van der Waals surface area contributed by atoms with Crippen molar-refractivity contribution in [3.05, 3.63) is 72.1 Å². The largest absolute Gasteiger partial charge is 0.329 e. The van der Waals surface area contributed by atoms with Gasteiger partial charge in [-0.1, -0.05) is 60.7 Å². The number of hydrogen-bond donors (Lipinski definition) is 1. The van der Waals surface area contributed by atoms with Crippen LogP contribution in [0.3, 0.4) is 0 Å². The number of hydrogen-bond acceptors (Lipinski definition) is 3. The minimum absolute atomic E-state index is 0.0566. The van der Waals surface area contributed by atoms with Crippen molar-refractivity contribution in [2.45, 2.75) is 5.92 Å². The van der Waals surface area contributed by atoms with E-state index in [1.165, 1.54) is 0 Å². The van der Waals surface area contributed by atoms with Crippen LogP contribution in [-0.4, -0.2) is 21.3 Å². The third-order valence-corrected chi connectivity index (χ3v) is 3.58. The monoisotopic (exact) mass is 278 g/mol. The summed E-state index contributed by atoms with van der Waals surface area (Å²) in [6, 6.07) is 20.2. The van der Waals surface area contributed by atoms with E-state index < -0.39 is 0 Å². The van der Waals surface area contributed by atoms with E-state index in [1.54, 1.807) is 0 Å². The maximum atomic E-state index is 5.97. The summed E-state index contributed by atoms with van der Waals surface area (Å²) >= 11 is 0. The zero-order chi connectivity index (χ0) is 14.7. The van der Waals surface area contributed by atoms with Crippen LogP contribution in [0.5, 0.6) is 0 Å². The summed E-state index contributed by atoms with van der Waals surface area (Å²) in [7, 11) is 1.92. The average Bonchev–Trinajstić information content (AvgIpc) is 2.92. The van der Waals surface area contributed by atoms with Gasteiger partial charge in [0.1, 0.15) is 5.82 Å². The van der Waals surface area contributed by atoms with Crippen molar-refractivity contribution in [1.82, 2.24) is 14.8 Å². The molecule has 0 spiro atoms. The minimum atomic E-state index is 0.0566. The number of nitrogens with two attached hydrogens (primary N) is 1. The molecule has 2 N–H and O–H groups in total. The van der Waals surface area contributed by atoms with Gasteiger partial charge in [0, 0.05) is 19.2 Å². The molecule has 2 aromatic carbocycles. The van der Waals surface area contributed by atoms with Crippen molar-refractivity contribution in [3.63, 3.8) is 0 Å². The van der Waals surface area contributed by atoms with Crippen LogP contribution in [0.25, 0.3) is 11.4 Å². The molecular formula is C17H18N4. The molecule has 106 valence electrons. The summed E-state index contributed by atoms with van der Waals surface area (Å²) in [5, 5.41) is 4.53. The molecule has 0 aliphatic carbocycles. The van der Waals surface area contributed by atoms with Gasteiger partial charge in [-0.2, -0.15) is 5.10 Å². The Kier molecular flexibility index (Phi) is 3.79. The van der Waals surface area contributed by atoms with E-state index in [0.717, 1.165) is 22.8 Å². The Balaban J connectivity index is 2.01. The van der Waals surface area contributed by atoms with Gasteiger partial charge in [-0.3, -0.25) is 4.68 Å². The molecule has 0 aliphatic heterocycles. The standard InChI is InChI=1S/C17H18N4/c1-21-17(15(12-18)13-8-4-2-5-9-13)19-16(20-21)14-10-6-3-7-11-14/h2-11,15H,12,18H2,1H3. The van der Waals surface area contributed by atoms with Gasteiger partial charge >= 0.3 is 0 Å². The van der Waals surface area contributed by atoms with Gasteiger partial charge < -0.3 is 5.73 Å². The topological polar surface area (TPSA) is 56.7 Å². The Bertz CT molecular complexity index is 704. The number of aromatic nitrogens is 3. The first kappa shape index (κ1) is 13.5. The van der Waals surface area contributed by atoms with E-state index in [1.807, 2.05) is 60.3 Å². The van der Waals surface area contributed by atoms with Crippen molar-refractivity contribution < 1.29 is 0 Å². The molecule has 0 radical (unpaired) electrons. The predicted molar refractivity (Wildman–Crippen MR) is 83.8 cm³/mol. The number of benzene rings is 2. The number of nitrogens with zero attached hydrogens (tertiary/aromatic N) is 3. The molecule has 21 heavy (non-hydrogen) atoms. The van der Waals surface area contributed by atoms with Gasteiger partial charge in [0.2, 0.25) is 0 Å². The lowest BCUT2D eigenvalue weighted by molar-refractivity contribution is 0.650. The number of rotatable bonds is 4. The van der Waals surface area contributed by atoms with E-state index in [-0.39, 0.29) is 5.92 Å². The molecule has 3 rings (SSSR count). The van der Waals surface area contributed by atoms with Crippen LogP contribution in [0.2, 0.25) is 0 Å². The summed E-state index contributed by atoms with van der Waals surface area (Å²) < 4.78 is 1.83. The van der Waals surface area contributed by atoms with Crippen LogP contribution in [0.4, 0.5) is 0 Å². The lowest BCUT2D eigenvalue weighted by atomic mass is 9.98. The van der Waals surface area contributed by atoms with E-state index in [4.69, 9.17) is 10.7 Å². The number of aryl methyl sites for hydroxylation is 1. The van der Waals surface area contributed by atoms with Crippen LogP contribution < -0.4 is 5.73 Å². The Hall–Kier alpha value is -2.46. The molecule has 0 saturated carbocycles. The fourth-order valence-corrected chi connectivity index (χ4v) is 2.49. The molecule has 4 heteroatoms. The molecule has 0 aliphatic rings. The van der Waals surface area contributed by atoms with E-state index in [0.29, 0.717) is 6.54 Å². The molecule has 1 unspecified atom stereocenters. The van der Waals surface area contributed by atoms with Gasteiger partial charge in [0.05, 0.1) is 5.92 Å². The molecule has 0 fully saturated rings. The SMILES string of the molecule is Cn1nc(-c2ccccc2)nc1C(CN)c1ccccc1. The molecule has 1 aromatic heterocycles. The summed E-state index contributed by atoms with van der Waals surface area (Å²) in [6.07, 6.45) is 0. The zero-order valence-corrected chi connectivity index (χ0v) is 12.0. The fraction of sp³-hybridized carbons (Fsp3) is 0.176. The first-order valence-corrected chi connectivity index (χ1v) is 7.01. The lowest BCUT2D eigenvalue weighted by Gasteiger charge is -2.13. The van der Waals surface area contributed by atoms with Gasteiger partial charge in [-0.25, -0.2) is 4.98 Å². The molecule has 1 heterocycles. The zero-order valence-electron chi connectivity index (χ0n) is 12.0. The van der Waals surface area contributed by atoms with Gasteiger partial charge in [-0.05, 0) is 5.56 Å². The van der Waals surface area contributed by atoms with Gasteiger partial charge in [0.15, 0.2) is 5.82 Å². The van der Waals surface area contributed by atoms with Crippen molar-refractivity contribution in [2.24, 2.45) is 12.8 Å². The smallest absolute Gasteiger partial charge is 0.181 e. The summed E-state index contributed by atoms with van der Waals surface area (Å²) in [4.78, 5) is 4.70. The van der Waals surface area contributed by atoms with Gasteiger partial charge in [0.25, 0.3) is 0 Å². The van der Waals surface area contributed by atoms with E-state index in [9.17, 15) is 0 Å². The molecule has 4 nitrogen and oxygen atoms in total. The summed E-state index contributed by atoms with van der Waals surface area (Å²) in [6.45, 7) is 0.505. The highest BCUT2D eigenvalue weighted by atomic mass is 15.3. The minimum Gasteiger partial charge on any atom is -0.329 e. The Labute approximate surface area is 124 Å². The normalized spacial score (nSPS) is 12.3. The lowest BCUT2D eigenvalue weighted by Crippen LogP contribution is -2.18. The van der Waals surface area contributed by atoms with Crippen LogP contribution >= 0.6 is 0 Å². The van der Waals surface area contributed by atoms with Crippen LogP contribution in [0, 0.1) is 0 Å². The second-order valence-corrected chi connectivity index (χ2v) is 4.98. The Morgan fingerprint density at radius 3 is 2.24 bits per heavy atom. The second-order valence-electron chi connectivity index (χ2n) is 4.98. The maximum absolute atomic E-state index is 5.97. The van der Waals surface area contributed by atoms with E-state index in [2.05, 4.69) is 17.2 Å². The molecule has 0 amide bonds. The second kappa shape index (κ2) is 5.89. The van der Waals surface area contributed by atoms with Crippen LogP contribution in [-0.2, 0) is 7.05 Å². The van der Waals surface area contributed by atoms with Crippen LogP contribution in [0.1, 0.15) is 17.3 Å². The third kappa shape index (κ3) is 2.71.